The second-order valence-electron chi connectivity index (χ2n) is 7.50. The maximum absolute atomic E-state index is 13.3. The van der Waals surface area contributed by atoms with E-state index >= 15 is 0 Å². The molecule has 1 atom stereocenters. The Morgan fingerprint density at radius 1 is 1.24 bits per heavy atom. The first-order valence-electron chi connectivity index (χ1n) is 9.57. The average molecular weight is 504 g/mol. The molecule has 5 nitrogen and oxygen atoms in total. The molecular formula is C22H22FIN4O. The van der Waals surface area contributed by atoms with E-state index in [0.717, 1.165) is 25.9 Å². The van der Waals surface area contributed by atoms with E-state index < -0.39 is 0 Å². The summed E-state index contributed by atoms with van der Waals surface area (Å²) in [6.45, 7) is 2.12. The number of nitrogens with zero attached hydrogens (tertiary/aromatic N) is 3. The third-order valence-corrected chi connectivity index (χ3v) is 6.18. The summed E-state index contributed by atoms with van der Waals surface area (Å²) in [5.74, 6) is 0.204. The lowest BCUT2D eigenvalue weighted by Crippen LogP contribution is -2.30. The first kappa shape index (κ1) is 20.0. The van der Waals surface area contributed by atoms with Gasteiger partial charge in [0, 0.05) is 12.1 Å². The van der Waals surface area contributed by atoms with E-state index in [0.29, 0.717) is 26.4 Å². The van der Waals surface area contributed by atoms with Gasteiger partial charge in [-0.2, -0.15) is 5.10 Å². The SMILES string of the molecule is CN1CCCC(c2cccc(C(=O)c3c(I)nn(-c4ccc(F)cc4)c3N)c2)C1. The van der Waals surface area contributed by atoms with Crippen molar-refractivity contribution in [3.05, 3.63) is 74.7 Å². The lowest BCUT2D eigenvalue weighted by molar-refractivity contribution is 0.103. The van der Waals surface area contributed by atoms with Gasteiger partial charge in [0.1, 0.15) is 15.3 Å². The smallest absolute Gasteiger partial charge is 0.199 e. The molecule has 1 aromatic heterocycles. The van der Waals surface area contributed by atoms with Crippen LogP contribution in [0.2, 0.25) is 0 Å². The number of rotatable bonds is 4. The number of carbonyl (C=O) groups excluding carboxylic acids is 1. The van der Waals surface area contributed by atoms with E-state index in [9.17, 15) is 9.18 Å². The van der Waals surface area contributed by atoms with E-state index in [1.807, 2.05) is 40.8 Å². The van der Waals surface area contributed by atoms with Crippen molar-refractivity contribution in [1.29, 1.82) is 0 Å². The van der Waals surface area contributed by atoms with E-state index in [-0.39, 0.29) is 17.4 Å². The zero-order valence-corrected chi connectivity index (χ0v) is 18.3. The molecular weight excluding hydrogens is 482 g/mol. The van der Waals surface area contributed by atoms with E-state index in [4.69, 9.17) is 5.73 Å². The maximum atomic E-state index is 13.3. The first-order valence-corrected chi connectivity index (χ1v) is 10.6. The van der Waals surface area contributed by atoms with Gasteiger partial charge < -0.3 is 10.6 Å². The predicted octanol–water partition coefficient (Wildman–Crippen LogP) is 4.24. The van der Waals surface area contributed by atoms with Crippen molar-refractivity contribution < 1.29 is 9.18 Å². The van der Waals surface area contributed by atoms with Crippen molar-refractivity contribution in [2.24, 2.45) is 0 Å². The summed E-state index contributed by atoms with van der Waals surface area (Å²) in [4.78, 5) is 15.6. The van der Waals surface area contributed by atoms with Gasteiger partial charge in [-0.15, -0.1) is 0 Å². The number of carbonyl (C=O) groups is 1. The van der Waals surface area contributed by atoms with Crippen LogP contribution in [0.1, 0.15) is 40.2 Å². The third-order valence-electron chi connectivity index (χ3n) is 5.42. The highest BCUT2D eigenvalue weighted by molar-refractivity contribution is 14.1. The zero-order chi connectivity index (χ0) is 20.5. The van der Waals surface area contributed by atoms with Gasteiger partial charge in [-0.1, -0.05) is 18.2 Å². The monoisotopic (exact) mass is 504 g/mol. The Hall–Kier alpha value is -2.26. The molecule has 0 saturated carbocycles. The molecule has 1 fully saturated rings. The van der Waals surface area contributed by atoms with Crippen LogP contribution in [0.4, 0.5) is 10.2 Å². The minimum Gasteiger partial charge on any atom is -0.383 e. The van der Waals surface area contributed by atoms with Crippen molar-refractivity contribution >= 4 is 34.2 Å². The molecule has 2 heterocycles. The highest BCUT2D eigenvalue weighted by Crippen LogP contribution is 2.29. The van der Waals surface area contributed by atoms with Gasteiger partial charge in [0.05, 0.1) is 11.3 Å². The van der Waals surface area contributed by atoms with Gasteiger partial charge >= 0.3 is 0 Å². The maximum Gasteiger partial charge on any atom is 0.199 e. The molecule has 2 aromatic carbocycles. The van der Waals surface area contributed by atoms with Gasteiger partial charge in [-0.25, -0.2) is 9.07 Å². The van der Waals surface area contributed by atoms with E-state index in [2.05, 4.69) is 23.1 Å². The number of hydrogen-bond donors (Lipinski definition) is 1. The predicted molar refractivity (Wildman–Crippen MR) is 120 cm³/mol. The normalized spacial score (nSPS) is 17.4. The fraction of sp³-hybridized carbons (Fsp3) is 0.273. The largest absolute Gasteiger partial charge is 0.383 e. The average Bonchev–Trinajstić information content (AvgIpc) is 3.02. The Morgan fingerprint density at radius 3 is 2.72 bits per heavy atom. The molecule has 7 heteroatoms. The second-order valence-corrected chi connectivity index (χ2v) is 8.52. The summed E-state index contributed by atoms with van der Waals surface area (Å²) in [6.07, 6.45) is 2.29. The minimum absolute atomic E-state index is 0.147. The zero-order valence-electron chi connectivity index (χ0n) is 16.1. The van der Waals surface area contributed by atoms with Gasteiger partial charge in [-0.3, -0.25) is 4.79 Å². The molecule has 0 bridgehead atoms. The number of anilines is 1. The Morgan fingerprint density at radius 2 is 2.00 bits per heavy atom. The first-order chi connectivity index (χ1) is 13.9. The summed E-state index contributed by atoms with van der Waals surface area (Å²) < 4.78 is 15.2. The molecule has 3 aromatic rings. The van der Waals surface area contributed by atoms with Gasteiger partial charge in [-0.05, 0) is 90.8 Å². The van der Waals surface area contributed by atoms with Crippen LogP contribution in [-0.4, -0.2) is 40.6 Å². The van der Waals surface area contributed by atoms with Crippen LogP contribution in [0, 0.1) is 9.52 Å². The summed E-state index contributed by atoms with van der Waals surface area (Å²) >= 11 is 2.02. The molecule has 1 aliphatic rings. The second kappa shape index (κ2) is 8.23. The van der Waals surface area contributed by atoms with Crippen LogP contribution in [0.25, 0.3) is 5.69 Å². The summed E-state index contributed by atoms with van der Waals surface area (Å²) in [5, 5.41) is 4.41. The highest BCUT2D eigenvalue weighted by atomic mass is 127. The molecule has 0 radical (unpaired) electrons. The minimum atomic E-state index is -0.337. The van der Waals surface area contributed by atoms with Crippen LogP contribution in [0.5, 0.6) is 0 Å². The standard InChI is InChI=1S/C22H22FIN4O/c1-27-11-3-6-16(13-27)14-4-2-5-15(12-14)20(29)19-21(24)26-28(22(19)25)18-9-7-17(23)8-10-18/h2,4-5,7-10,12,16H,3,6,11,13,25H2,1H3. The van der Waals surface area contributed by atoms with E-state index in [1.54, 1.807) is 12.1 Å². The number of ketones is 1. The molecule has 2 N–H and O–H groups in total. The number of benzene rings is 2. The molecule has 1 aliphatic heterocycles. The van der Waals surface area contributed by atoms with Crippen molar-refractivity contribution in [2.75, 3.05) is 25.9 Å². The molecule has 1 saturated heterocycles. The third kappa shape index (κ3) is 4.06. The molecule has 150 valence electrons. The molecule has 29 heavy (non-hydrogen) atoms. The van der Waals surface area contributed by atoms with Crippen molar-refractivity contribution in [3.63, 3.8) is 0 Å². The fourth-order valence-corrected chi connectivity index (χ4v) is 4.65. The Labute approximate surface area is 182 Å². The Balaban J connectivity index is 1.67. The van der Waals surface area contributed by atoms with Crippen LogP contribution in [0.3, 0.4) is 0 Å². The van der Waals surface area contributed by atoms with Crippen LogP contribution < -0.4 is 5.73 Å². The van der Waals surface area contributed by atoms with Gasteiger partial charge in [0.15, 0.2) is 5.78 Å². The number of piperidine rings is 1. The summed E-state index contributed by atoms with van der Waals surface area (Å²) in [7, 11) is 2.13. The molecule has 1 unspecified atom stereocenters. The molecule has 0 aliphatic carbocycles. The van der Waals surface area contributed by atoms with E-state index in [1.165, 1.54) is 22.4 Å². The Bertz CT molecular complexity index is 1050. The van der Waals surface area contributed by atoms with Gasteiger partial charge in [0.25, 0.3) is 0 Å². The highest BCUT2D eigenvalue weighted by Gasteiger charge is 2.24. The van der Waals surface area contributed by atoms with Gasteiger partial charge in [0.2, 0.25) is 0 Å². The van der Waals surface area contributed by atoms with Crippen LogP contribution in [0.15, 0.2) is 48.5 Å². The lowest BCUT2D eigenvalue weighted by Gasteiger charge is -2.30. The molecule has 4 rings (SSSR count). The summed E-state index contributed by atoms with van der Waals surface area (Å²) in [5.41, 5.74) is 9.07. The van der Waals surface area contributed by atoms with Crippen molar-refractivity contribution in [2.45, 2.75) is 18.8 Å². The lowest BCUT2D eigenvalue weighted by atomic mass is 9.89. The number of aromatic nitrogens is 2. The quantitative estimate of drug-likeness (QED) is 0.427. The molecule has 0 spiro atoms. The van der Waals surface area contributed by atoms with Crippen molar-refractivity contribution in [3.8, 4) is 5.69 Å². The summed E-state index contributed by atoms with van der Waals surface area (Å²) in [6, 6.07) is 13.7. The number of nitrogens with two attached hydrogens (primary N) is 1. The van der Waals surface area contributed by atoms with Crippen molar-refractivity contribution in [1.82, 2.24) is 14.7 Å². The number of likely N-dealkylation sites (tertiary alicyclic amines) is 1. The topological polar surface area (TPSA) is 64.2 Å². The van der Waals surface area contributed by atoms with Crippen LogP contribution >= 0.6 is 22.6 Å². The number of nitrogen functional groups attached to an aromatic ring is 1. The number of hydrogen-bond acceptors (Lipinski definition) is 4. The Kier molecular flexibility index (Phi) is 5.69. The van der Waals surface area contributed by atoms with Crippen LogP contribution in [-0.2, 0) is 0 Å². The number of halogens is 2. The molecule has 0 amide bonds. The fourth-order valence-electron chi connectivity index (χ4n) is 3.91. The number of likely N-dealkylation sites (N-methyl/N-ethyl adjacent to an activating group) is 1.